The fourth-order valence-corrected chi connectivity index (χ4v) is 2.92. The highest BCUT2D eigenvalue weighted by Crippen LogP contribution is 2.22. The Labute approximate surface area is 123 Å². The Morgan fingerprint density at radius 3 is 2.95 bits per heavy atom. The van der Waals surface area contributed by atoms with Crippen molar-refractivity contribution in [3.8, 4) is 0 Å². The third-order valence-electron chi connectivity index (χ3n) is 3.21. The van der Waals surface area contributed by atoms with Crippen LogP contribution in [0.1, 0.15) is 13.3 Å². The molecule has 1 aromatic rings. The van der Waals surface area contributed by atoms with Crippen molar-refractivity contribution in [2.24, 2.45) is 5.92 Å². The summed E-state index contributed by atoms with van der Waals surface area (Å²) < 4.78 is 0. The fourth-order valence-electron chi connectivity index (χ4n) is 2.22. The van der Waals surface area contributed by atoms with E-state index in [1.807, 2.05) is 17.0 Å². The van der Waals surface area contributed by atoms with E-state index in [1.54, 1.807) is 19.3 Å². The monoisotopic (exact) mass is 293 g/mol. The molecule has 0 radical (unpaired) electrons. The molecule has 1 aromatic heterocycles. The lowest BCUT2D eigenvalue weighted by atomic mass is 10.1. The van der Waals surface area contributed by atoms with Crippen LogP contribution in [0.25, 0.3) is 0 Å². The molecule has 1 unspecified atom stereocenters. The van der Waals surface area contributed by atoms with Crippen LogP contribution >= 0.6 is 11.8 Å². The van der Waals surface area contributed by atoms with Crippen LogP contribution in [0.3, 0.4) is 0 Å². The van der Waals surface area contributed by atoms with Crippen LogP contribution < -0.4 is 5.32 Å². The molecule has 1 aliphatic heterocycles. The summed E-state index contributed by atoms with van der Waals surface area (Å²) in [5.74, 6) is 1.24. The fraction of sp³-hybridized carbons (Fsp3) is 0.500. The predicted molar refractivity (Wildman–Crippen MR) is 80.6 cm³/mol. The molecule has 0 aliphatic carbocycles. The first-order chi connectivity index (χ1) is 9.65. The van der Waals surface area contributed by atoms with Crippen molar-refractivity contribution in [3.63, 3.8) is 0 Å². The number of amides is 1. The van der Waals surface area contributed by atoms with Crippen molar-refractivity contribution < 1.29 is 9.59 Å². The smallest absolute Gasteiger partial charge is 0.223 e. The first-order valence-electron chi connectivity index (χ1n) is 6.70. The van der Waals surface area contributed by atoms with Crippen molar-refractivity contribution in [2.45, 2.75) is 13.3 Å². The van der Waals surface area contributed by atoms with E-state index < -0.39 is 0 Å². The van der Waals surface area contributed by atoms with Gasteiger partial charge in [-0.1, -0.05) is 11.8 Å². The number of anilines is 1. The summed E-state index contributed by atoms with van der Waals surface area (Å²) in [7, 11) is 0. The molecule has 5 nitrogen and oxygen atoms in total. The van der Waals surface area contributed by atoms with E-state index in [4.69, 9.17) is 0 Å². The first-order valence-corrected chi connectivity index (χ1v) is 7.68. The van der Waals surface area contributed by atoms with Gasteiger partial charge in [0.1, 0.15) is 0 Å². The van der Waals surface area contributed by atoms with E-state index in [9.17, 15) is 9.59 Å². The van der Waals surface area contributed by atoms with Gasteiger partial charge >= 0.3 is 0 Å². The van der Waals surface area contributed by atoms with Gasteiger partial charge in [-0.2, -0.15) is 0 Å². The van der Waals surface area contributed by atoms with Crippen molar-refractivity contribution in [3.05, 3.63) is 24.5 Å². The van der Waals surface area contributed by atoms with Gasteiger partial charge in [0.05, 0.1) is 0 Å². The summed E-state index contributed by atoms with van der Waals surface area (Å²) in [5.41, 5.74) is 1.01. The Morgan fingerprint density at radius 2 is 2.25 bits per heavy atom. The van der Waals surface area contributed by atoms with Gasteiger partial charge in [0.25, 0.3) is 0 Å². The second-order valence-electron chi connectivity index (χ2n) is 4.88. The molecule has 0 aromatic carbocycles. The lowest BCUT2D eigenvalue weighted by Crippen LogP contribution is -2.30. The predicted octanol–water partition coefficient (Wildman–Crippen LogP) is 1.62. The highest BCUT2D eigenvalue weighted by Gasteiger charge is 2.29. The van der Waals surface area contributed by atoms with E-state index in [0.29, 0.717) is 18.9 Å². The molecule has 2 heterocycles. The molecular formula is C14H19N3O2S. The van der Waals surface area contributed by atoms with Gasteiger partial charge < -0.3 is 10.2 Å². The minimum absolute atomic E-state index is 0.121. The first kappa shape index (κ1) is 14.8. The number of carbonyl (C=O) groups excluding carboxylic acids is 2. The van der Waals surface area contributed by atoms with Gasteiger partial charge in [0, 0.05) is 56.8 Å². The molecule has 0 saturated carbocycles. The van der Waals surface area contributed by atoms with Crippen molar-refractivity contribution in [1.29, 1.82) is 0 Å². The van der Waals surface area contributed by atoms with Gasteiger partial charge in [-0.3, -0.25) is 14.6 Å². The summed E-state index contributed by atoms with van der Waals surface area (Å²) in [6.45, 7) is 3.75. The number of hydrogen-bond donors (Lipinski definition) is 1. The third kappa shape index (κ3) is 4.52. The normalized spacial score (nSPS) is 18.4. The van der Waals surface area contributed by atoms with E-state index in [-0.39, 0.29) is 11.0 Å². The standard InChI is InChI=1S/C14H19N3O2S/c1-11(18)20-10-12-8-14(19)17(9-12)7-6-16-13-2-4-15-5-3-13/h2-5,12H,6-10H2,1H3,(H,15,16). The van der Waals surface area contributed by atoms with Crippen LogP contribution in [0, 0.1) is 5.92 Å². The third-order valence-corrected chi connectivity index (χ3v) is 4.25. The molecule has 1 aliphatic rings. The largest absolute Gasteiger partial charge is 0.383 e. The molecule has 0 bridgehead atoms. The molecule has 108 valence electrons. The average molecular weight is 293 g/mol. The lowest BCUT2D eigenvalue weighted by molar-refractivity contribution is -0.127. The number of rotatable bonds is 6. The number of nitrogens with zero attached hydrogens (tertiary/aromatic N) is 2. The number of thioether (sulfide) groups is 1. The van der Waals surface area contributed by atoms with Gasteiger partial charge in [-0.25, -0.2) is 0 Å². The number of pyridine rings is 1. The SMILES string of the molecule is CC(=O)SCC1CC(=O)N(CCNc2ccncc2)C1. The number of aromatic nitrogens is 1. The summed E-state index contributed by atoms with van der Waals surface area (Å²) >= 11 is 1.31. The lowest BCUT2D eigenvalue weighted by Gasteiger charge is -2.17. The second kappa shape index (κ2) is 7.28. The number of likely N-dealkylation sites (tertiary alicyclic amines) is 1. The van der Waals surface area contributed by atoms with Gasteiger partial charge in [0.15, 0.2) is 5.12 Å². The maximum absolute atomic E-state index is 11.9. The topological polar surface area (TPSA) is 62.3 Å². The maximum atomic E-state index is 11.9. The van der Waals surface area contributed by atoms with Gasteiger partial charge in [-0.15, -0.1) is 0 Å². The number of carbonyl (C=O) groups is 2. The summed E-state index contributed by atoms with van der Waals surface area (Å²) in [5, 5.41) is 3.38. The molecule has 1 fully saturated rings. The van der Waals surface area contributed by atoms with Crippen LogP contribution in [-0.2, 0) is 9.59 Å². The summed E-state index contributed by atoms with van der Waals surface area (Å²) in [6, 6.07) is 3.80. The van der Waals surface area contributed by atoms with Crippen LogP contribution in [0.4, 0.5) is 5.69 Å². The highest BCUT2D eigenvalue weighted by atomic mass is 32.2. The zero-order chi connectivity index (χ0) is 14.4. The van der Waals surface area contributed by atoms with Gasteiger partial charge in [-0.05, 0) is 18.1 Å². The van der Waals surface area contributed by atoms with E-state index in [0.717, 1.165) is 24.5 Å². The Hall–Kier alpha value is -1.56. The van der Waals surface area contributed by atoms with Crippen molar-refractivity contribution in [2.75, 3.05) is 30.7 Å². The molecule has 2 rings (SSSR count). The maximum Gasteiger partial charge on any atom is 0.223 e. The molecule has 0 spiro atoms. The molecule has 1 saturated heterocycles. The van der Waals surface area contributed by atoms with Crippen LogP contribution in [0.2, 0.25) is 0 Å². The molecule has 6 heteroatoms. The molecule has 20 heavy (non-hydrogen) atoms. The van der Waals surface area contributed by atoms with E-state index >= 15 is 0 Å². The molecular weight excluding hydrogens is 274 g/mol. The Morgan fingerprint density at radius 1 is 1.50 bits per heavy atom. The Balaban J connectivity index is 1.71. The second-order valence-corrected chi connectivity index (χ2v) is 6.07. The zero-order valence-electron chi connectivity index (χ0n) is 11.5. The molecule has 1 amide bonds. The van der Waals surface area contributed by atoms with E-state index in [2.05, 4.69) is 10.3 Å². The van der Waals surface area contributed by atoms with Crippen LogP contribution in [0.15, 0.2) is 24.5 Å². The molecule has 1 atom stereocenters. The highest BCUT2D eigenvalue weighted by molar-refractivity contribution is 8.13. The van der Waals surface area contributed by atoms with Crippen LogP contribution in [0.5, 0.6) is 0 Å². The minimum Gasteiger partial charge on any atom is -0.383 e. The van der Waals surface area contributed by atoms with Crippen LogP contribution in [-0.4, -0.2) is 46.3 Å². The Bertz CT molecular complexity index is 467. The quantitative estimate of drug-likeness (QED) is 0.863. The van der Waals surface area contributed by atoms with E-state index in [1.165, 1.54) is 11.8 Å². The van der Waals surface area contributed by atoms with Crippen molar-refractivity contribution in [1.82, 2.24) is 9.88 Å². The zero-order valence-corrected chi connectivity index (χ0v) is 12.4. The Kier molecular flexibility index (Phi) is 5.40. The summed E-state index contributed by atoms with van der Waals surface area (Å²) in [6.07, 6.45) is 4.03. The average Bonchev–Trinajstić information content (AvgIpc) is 2.78. The minimum atomic E-state index is 0.121. The van der Waals surface area contributed by atoms with Gasteiger partial charge in [0.2, 0.25) is 5.91 Å². The van der Waals surface area contributed by atoms with Crippen molar-refractivity contribution >= 4 is 28.5 Å². The summed E-state index contributed by atoms with van der Waals surface area (Å²) in [4.78, 5) is 28.6. The number of nitrogens with one attached hydrogen (secondary N) is 1. The number of hydrogen-bond acceptors (Lipinski definition) is 5. The molecule has 1 N–H and O–H groups in total.